The van der Waals surface area contributed by atoms with Crippen LogP contribution >= 0.6 is 11.8 Å². The maximum Gasteiger partial charge on any atom is 0.352 e. The number of carbonyl (C=O) groups excluding carboxylic acids is 4. The van der Waals surface area contributed by atoms with Crippen molar-refractivity contribution in [3.8, 4) is 0 Å². The molecule has 2 aromatic rings. The van der Waals surface area contributed by atoms with Crippen molar-refractivity contribution in [2.75, 3.05) is 5.75 Å². The Bertz CT molecular complexity index is 1410. The van der Waals surface area contributed by atoms with Crippen LogP contribution in [-0.4, -0.2) is 56.8 Å². The number of piperazine rings is 1. The molecule has 0 aromatic heterocycles. The molecule has 4 amide bonds. The highest BCUT2D eigenvalue weighted by atomic mass is 32.2. The fourth-order valence-electron chi connectivity index (χ4n) is 4.67. The average molecular weight is 548 g/mol. The number of rotatable bonds is 7. The number of carbonyl (C=O) groups is 5. The van der Waals surface area contributed by atoms with Gasteiger partial charge in [0.15, 0.2) is 0 Å². The molecule has 2 aromatic carbocycles. The molecule has 39 heavy (non-hydrogen) atoms. The zero-order chi connectivity index (χ0) is 27.7. The summed E-state index contributed by atoms with van der Waals surface area (Å²) < 4.78 is 0. The molecule has 0 radical (unpaired) electrons. The Morgan fingerprint density at radius 2 is 1.74 bits per heavy atom. The summed E-state index contributed by atoms with van der Waals surface area (Å²) in [5, 5.41) is 19.9. The molecular weight excluding hydrogens is 522 g/mol. The Labute approximate surface area is 227 Å². The van der Waals surface area contributed by atoms with Crippen molar-refractivity contribution >= 4 is 41.4 Å². The SMILES string of the molecule is CC1=C(C(=O)O)N2C(=O)[C@@H](NC(=O)[C@H](N/C=C3\NC(=O)C(c4ccccc4)NC3=O)c3ccccc3)[C@H]2SC1. The van der Waals surface area contributed by atoms with E-state index in [0.29, 0.717) is 22.5 Å². The van der Waals surface area contributed by atoms with Gasteiger partial charge in [-0.1, -0.05) is 60.7 Å². The molecule has 0 bridgehead atoms. The summed E-state index contributed by atoms with van der Waals surface area (Å²) in [4.78, 5) is 64.6. The summed E-state index contributed by atoms with van der Waals surface area (Å²) in [5.74, 6) is -2.78. The van der Waals surface area contributed by atoms with E-state index in [1.807, 2.05) is 0 Å². The van der Waals surface area contributed by atoms with Crippen LogP contribution in [0, 0.1) is 0 Å². The lowest BCUT2D eigenvalue weighted by atomic mass is 10.0. The minimum atomic E-state index is -1.19. The first-order valence-electron chi connectivity index (χ1n) is 12.1. The van der Waals surface area contributed by atoms with E-state index < -0.39 is 53.1 Å². The first-order chi connectivity index (χ1) is 18.8. The average Bonchev–Trinajstić information content (AvgIpc) is 2.94. The fourth-order valence-corrected chi connectivity index (χ4v) is 5.96. The van der Waals surface area contributed by atoms with Crippen molar-refractivity contribution in [2.45, 2.75) is 30.4 Å². The third kappa shape index (κ3) is 4.98. The van der Waals surface area contributed by atoms with Crippen molar-refractivity contribution in [2.24, 2.45) is 0 Å². The maximum absolute atomic E-state index is 13.4. The lowest BCUT2D eigenvalue weighted by molar-refractivity contribution is -0.151. The Morgan fingerprint density at radius 3 is 2.41 bits per heavy atom. The maximum atomic E-state index is 13.4. The van der Waals surface area contributed by atoms with Crippen LogP contribution in [0.4, 0.5) is 0 Å². The highest BCUT2D eigenvalue weighted by Crippen LogP contribution is 2.40. The van der Waals surface area contributed by atoms with Gasteiger partial charge < -0.3 is 26.4 Å². The quantitative estimate of drug-likeness (QED) is 0.253. The van der Waals surface area contributed by atoms with Gasteiger partial charge in [0.25, 0.3) is 17.7 Å². The van der Waals surface area contributed by atoms with Crippen molar-refractivity contribution < 1.29 is 29.1 Å². The summed E-state index contributed by atoms with van der Waals surface area (Å²) >= 11 is 1.37. The molecule has 12 heteroatoms. The normalized spacial score (nSPS) is 24.2. The van der Waals surface area contributed by atoms with Gasteiger partial charge >= 0.3 is 5.97 Å². The molecule has 3 aliphatic rings. The van der Waals surface area contributed by atoms with E-state index in [4.69, 9.17) is 0 Å². The molecule has 5 N–H and O–H groups in total. The number of fused-ring (bicyclic) bond motifs is 1. The van der Waals surface area contributed by atoms with Crippen molar-refractivity contribution in [1.82, 2.24) is 26.2 Å². The highest BCUT2D eigenvalue weighted by Gasteiger charge is 2.54. The Balaban J connectivity index is 1.32. The Hall–Kier alpha value is -4.58. The number of nitrogens with zero attached hydrogens (tertiary/aromatic N) is 1. The fraction of sp³-hybridized carbons (Fsp3) is 0.222. The van der Waals surface area contributed by atoms with Gasteiger partial charge in [-0.15, -0.1) is 11.8 Å². The predicted octanol–water partition coefficient (Wildman–Crippen LogP) is 0.905. The second kappa shape index (κ2) is 10.7. The van der Waals surface area contributed by atoms with Gasteiger partial charge in [-0.2, -0.15) is 0 Å². The molecule has 4 atom stereocenters. The molecule has 200 valence electrons. The van der Waals surface area contributed by atoms with Gasteiger partial charge in [0.1, 0.15) is 34.9 Å². The van der Waals surface area contributed by atoms with E-state index in [-0.39, 0.29) is 11.4 Å². The molecule has 1 unspecified atom stereocenters. The van der Waals surface area contributed by atoms with Gasteiger partial charge in [0.2, 0.25) is 5.91 Å². The van der Waals surface area contributed by atoms with Gasteiger partial charge in [0.05, 0.1) is 0 Å². The summed E-state index contributed by atoms with van der Waals surface area (Å²) in [6, 6.07) is 14.7. The van der Waals surface area contributed by atoms with E-state index in [2.05, 4.69) is 21.3 Å². The third-order valence-electron chi connectivity index (χ3n) is 6.62. The number of carboxylic acids is 1. The Morgan fingerprint density at radius 1 is 1.08 bits per heavy atom. The lowest BCUT2D eigenvalue weighted by Gasteiger charge is -2.49. The minimum absolute atomic E-state index is 0.0513. The number of carboxylic acid groups (broad SMARTS) is 1. The van der Waals surface area contributed by atoms with Crippen molar-refractivity contribution in [3.05, 3.63) is 95.0 Å². The standard InChI is InChI=1S/C27H25N5O6S/c1-14-13-39-26-20(25(36)32(26)21(14)27(37)38)31-23(34)18(15-8-4-2-5-9-15)28-12-17-22(33)30-19(24(35)29-17)16-10-6-3-7-11-16/h2-12,18-20,26,28H,13H2,1H3,(H,29,35)(H,30,33)(H,31,34)(H,37,38)/b17-12-/t18-,19?,20-,26-/m1/s1. The van der Waals surface area contributed by atoms with E-state index in [9.17, 15) is 29.1 Å². The molecule has 2 fully saturated rings. The Kier molecular flexibility index (Phi) is 7.11. The number of β-lactam (4-membered cyclic amide) rings is 1. The van der Waals surface area contributed by atoms with Gasteiger partial charge in [-0.25, -0.2) is 4.79 Å². The lowest BCUT2D eigenvalue weighted by Crippen LogP contribution is -2.71. The van der Waals surface area contributed by atoms with Gasteiger partial charge in [0, 0.05) is 12.0 Å². The molecule has 0 saturated carbocycles. The van der Waals surface area contributed by atoms with Crippen LogP contribution in [0.2, 0.25) is 0 Å². The topological polar surface area (TPSA) is 157 Å². The molecule has 3 aliphatic heterocycles. The van der Waals surface area contributed by atoms with E-state index in [1.54, 1.807) is 67.6 Å². The van der Waals surface area contributed by atoms with Crippen LogP contribution in [0.5, 0.6) is 0 Å². The van der Waals surface area contributed by atoms with E-state index in [0.717, 1.165) is 0 Å². The zero-order valence-corrected chi connectivity index (χ0v) is 21.5. The van der Waals surface area contributed by atoms with E-state index >= 15 is 0 Å². The summed E-state index contributed by atoms with van der Waals surface area (Å²) in [6.45, 7) is 1.66. The van der Waals surface area contributed by atoms with Crippen LogP contribution in [0.3, 0.4) is 0 Å². The molecule has 3 heterocycles. The first kappa shape index (κ1) is 26.0. The number of nitrogens with one attached hydrogen (secondary N) is 4. The monoisotopic (exact) mass is 547 g/mol. The van der Waals surface area contributed by atoms with Crippen molar-refractivity contribution in [3.63, 3.8) is 0 Å². The predicted molar refractivity (Wildman–Crippen MR) is 141 cm³/mol. The summed E-state index contributed by atoms with van der Waals surface area (Å²) in [6.07, 6.45) is 1.25. The molecule has 0 spiro atoms. The van der Waals surface area contributed by atoms with Gasteiger partial charge in [-0.05, 0) is 23.6 Å². The molecule has 11 nitrogen and oxygen atoms in total. The second-order valence-corrected chi connectivity index (χ2v) is 10.3. The first-order valence-corrected chi connectivity index (χ1v) is 13.2. The van der Waals surface area contributed by atoms with Crippen LogP contribution in [0.25, 0.3) is 0 Å². The van der Waals surface area contributed by atoms with Crippen LogP contribution in [0.15, 0.2) is 83.8 Å². The third-order valence-corrected chi connectivity index (χ3v) is 8.05. The minimum Gasteiger partial charge on any atom is -0.477 e. The number of benzene rings is 2. The smallest absolute Gasteiger partial charge is 0.352 e. The van der Waals surface area contributed by atoms with Crippen LogP contribution in [-0.2, 0) is 24.0 Å². The molecule has 0 aliphatic carbocycles. The summed E-state index contributed by atoms with van der Waals surface area (Å²) in [5.41, 5.74) is 1.65. The molecule has 5 rings (SSSR count). The number of hydrogen-bond acceptors (Lipinski definition) is 7. The summed E-state index contributed by atoms with van der Waals surface area (Å²) in [7, 11) is 0. The number of hydrogen-bond donors (Lipinski definition) is 5. The largest absolute Gasteiger partial charge is 0.477 e. The zero-order valence-electron chi connectivity index (χ0n) is 20.7. The van der Waals surface area contributed by atoms with Crippen LogP contribution in [0.1, 0.15) is 30.1 Å². The number of aliphatic carboxylic acids is 1. The molecule has 2 saturated heterocycles. The molecular formula is C27H25N5O6S. The second-order valence-electron chi connectivity index (χ2n) is 9.20. The number of amides is 4. The number of thioether (sulfide) groups is 1. The van der Waals surface area contributed by atoms with Crippen molar-refractivity contribution in [1.29, 1.82) is 0 Å². The van der Waals surface area contributed by atoms with E-state index in [1.165, 1.54) is 22.9 Å². The highest BCUT2D eigenvalue weighted by molar-refractivity contribution is 8.00. The van der Waals surface area contributed by atoms with Crippen LogP contribution < -0.4 is 21.3 Å². The van der Waals surface area contributed by atoms with Gasteiger partial charge in [-0.3, -0.25) is 24.1 Å².